The number of aliphatic carboxylic acids is 1. The molecule has 1 atom stereocenters. The number of halogens is 3. The molecule has 6 nitrogen and oxygen atoms in total. The maximum Gasteiger partial charge on any atom is 0.490 e. The van der Waals surface area contributed by atoms with Gasteiger partial charge >= 0.3 is 12.1 Å². The Hall–Kier alpha value is -1.87. The molecule has 2 saturated heterocycles. The predicted octanol–water partition coefficient (Wildman–Crippen LogP) is 3.27. The minimum Gasteiger partial charge on any atom is -0.475 e. The van der Waals surface area contributed by atoms with Crippen molar-refractivity contribution in [2.45, 2.75) is 62.4 Å². The van der Waals surface area contributed by atoms with Crippen LogP contribution in [-0.2, 0) is 9.53 Å². The van der Waals surface area contributed by atoms with E-state index in [4.69, 9.17) is 19.4 Å². The first-order chi connectivity index (χ1) is 13.3. The molecule has 1 spiro atoms. The van der Waals surface area contributed by atoms with Crippen LogP contribution in [0, 0.1) is 0 Å². The standard InChI is InChI=1S/C17H24N2O2.C2HF3O2/c1-2-6-14(5-1)19-12-17(13-19)11-15(8-10-20-17)21-16-7-3-4-9-18-16;3-2(4,5)1(6)7/h3-4,7,9,14-15H,1-2,5-6,8,10-13H2;(H,6,7). The quantitative estimate of drug-likeness (QED) is 0.837. The fourth-order valence-corrected chi connectivity index (χ4v) is 4.11. The minimum atomic E-state index is -5.08. The molecular weight excluding hydrogens is 377 g/mol. The summed E-state index contributed by atoms with van der Waals surface area (Å²) in [6.45, 7) is 3.01. The number of pyridine rings is 1. The first-order valence-electron chi connectivity index (χ1n) is 9.53. The van der Waals surface area contributed by atoms with Crippen LogP contribution in [0.2, 0.25) is 0 Å². The van der Waals surface area contributed by atoms with Crippen molar-refractivity contribution in [3.05, 3.63) is 24.4 Å². The molecule has 9 heteroatoms. The summed E-state index contributed by atoms with van der Waals surface area (Å²) in [5.74, 6) is -2.01. The van der Waals surface area contributed by atoms with E-state index >= 15 is 0 Å². The highest BCUT2D eigenvalue weighted by Gasteiger charge is 2.50. The SMILES string of the molecule is O=C(O)C(F)(F)F.c1ccc(OC2CCOC3(C2)CN(C2CCCC2)C3)nc1. The molecule has 0 radical (unpaired) electrons. The van der Waals surface area contributed by atoms with Crippen molar-refractivity contribution < 1.29 is 32.5 Å². The molecule has 1 unspecified atom stereocenters. The number of carboxylic acid groups (broad SMARTS) is 1. The summed E-state index contributed by atoms with van der Waals surface area (Å²) in [5.41, 5.74) is 0.0558. The second-order valence-corrected chi connectivity index (χ2v) is 7.58. The third kappa shape index (κ3) is 5.35. The Morgan fingerprint density at radius 2 is 1.93 bits per heavy atom. The van der Waals surface area contributed by atoms with Gasteiger partial charge in [-0.3, -0.25) is 4.90 Å². The predicted molar refractivity (Wildman–Crippen MR) is 94.1 cm³/mol. The zero-order chi connectivity index (χ0) is 20.2. The molecule has 1 aromatic heterocycles. The van der Waals surface area contributed by atoms with Gasteiger partial charge in [-0.15, -0.1) is 0 Å². The van der Waals surface area contributed by atoms with Gasteiger partial charge < -0.3 is 14.6 Å². The van der Waals surface area contributed by atoms with Crippen LogP contribution in [-0.4, -0.2) is 64.6 Å². The molecule has 1 saturated carbocycles. The summed E-state index contributed by atoms with van der Waals surface area (Å²) in [4.78, 5) is 15.8. The molecule has 1 aromatic rings. The molecule has 3 aliphatic rings. The average molecular weight is 402 g/mol. The highest BCUT2D eigenvalue weighted by atomic mass is 19.4. The Morgan fingerprint density at radius 1 is 1.25 bits per heavy atom. The van der Waals surface area contributed by atoms with Gasteiger partial charge in [-0.25, -0.2) is 9.78 Å². The van der Waals surface area contributed by atoms with E-state index in [1.807, 2.05) is 18.2 Å². The van der Waals surface area contributed by atoms with Gasteiger partial charge in [0.25, 0.3) is 0 Å². The van der Waals surface area contributed by atoms with Crippen molar-refractivity contribution in [2.24, 2.45) is 0 Å². The lowest BCUT2D eigenvalue weighted by molar-refractivity contribution is -0.194. The van der Waals surface area contributed by atoms with E-state index in [0.717, 1.165) is 44.5 Å². The number of carbonyl (C=O) groups is 1. The van der Waals surface area contributed by atoms with E-state index in [1.54, 1.807) is 6.20 Å². The fourth-order valence-electron chi connectivity index (χ4n) is 4.11. The fraction of sp³-hybridized carbons (Fsp3) is 0.684. The van der Waals surface area contributed by atoms with Crippen molar-refractivity contribution in [3.8, 4) is 5.88 Å². The number of alkyl halides is 3. The maximum absolute atomic E-state index is 10.6. The van der Waals surface area contributed by atoms with E-state index in [-0.39, 0.29) is 11.7 Å². The van der Waals surface area contributed by atoms with Crippen molar-refractivity contribution in [1.82, 2.24) is 9.88 Å². The molecule has 0 amide bonds. The Kier molecular flexibility index (Phi) is 6.44. The number of likely N-dealkylation sites (tertiary alicyclic amines) is 1. The third-order valence-electron chi connectivity index (χ3n) is 5.44. The highest BCUT2D eigenvalue weighted by molar-refractivity contribution is 5.73. The van der Waals surface area contributed by atoms with Gasteiger partial charge in [-0.2, -0.15) is 13.2 Å². The van der Waals surface area contributed by atoms with Crippen LogP contribution in [0.25, 0.3) is 0 Å². The van der Waals surface area contributed by atoms with Crippen molar-refractivity contribution >= 4 is 5.97 Å². The Balaban J connectivity index is 0.000000279. The van der Waals surface area contributed by atoms with Crippen LogP contribution >= 0.6 is 0 Å². The normalized spacial score (nSPS) is 24.9. The molecular formula is C19H25F3N2O4. The van der Waals surface area contributed by atoms with Gasteiger partial charge in [0.1, 0.15) is 6.10 Å². The van der Waals surface area contributed by atoms with Crippen molar-refractivity contribution in [1.29, 1.82) is 0 Å². The monoisotopic (exact) mass is 402 g/mol. The number of ether oxygens (including phenoxy) is 2. The van der Waals surface area contributed by atoms with Crippen molar-refractivity contribution in [2.75, 3.05) is 19.7 Å². The zero-order valence-electron chi connectivity index (χ0n) is 15.5. The zero-order valence-corrected chi connectivity index (χ0v) is 15.5. The molecule has 1 aliphatic carbocycles. The van der Waals surface area contributed by atoms with E-state index in [2.05, 4.69) is 9.88 Å². The lowest BCUT2D eigenvalue weighted by atomic mass is 9.83. The van der Waals surface area contributed by atoms with Crippen LogP contribution in [0.5, 0.6) is 5.88 Å². The van der Waals surface area contributed by atoms with E-state index in [9.17, 15) is 13.2 Å². The number of carboxylic acids is 1. The van der Waals surface area contributed by atoms with Gasteiger partial charge in [0.05, 0.1) is 12.2 Å². The molecule has 4 rings (SSSR count). The molecule has 1 N–H and O–H groups in total. The number of nitrogens with zero attached hydrogens (tertiary/aromatic N) is 2. The molecule has 28 heavy (non-hydrogen) atoms. The summed E-state index contributed by atoms with van der Waals surface area (Å²) in [5, 5.41) is 7.12. The maximum atomic E-state index is 10.6. The molecule has 3 heterocycles. The van der Waals surface area contributed by atoms with Crippen LogP contribution in [0.4, 0.5) is 13.2 Å². The van der Waals surface area contributed by atoms with Gasteiger partial charge in [0, 0.05) is 44.2 Å². The summed E-state index contributed by atoms with van der Waals surface area (Å²) in [6.07, 6.45) is 4.50. The third-order valence-corrected chi connectivity index (χ3v) is 5.44. The minimum absolute atomic E-state index is 0.0558. The number of rotatable bonds is 3. The van der Waals surface area contributed by atoms with Crippen molar-refractivity contribution in [3.63, 3.8) is 0 Å². The Morgan fingerprint density at radius 3 is 2.50 bits per heavy atom. The van der Waals surface area contributed by atoms with Gasteiger partial charge in [-0.1, -0.05) is 18.9 Å². The Labute approximate surface area is 161 Å². The molecule has 156 valence electrons. The molecule has 0 bridgehead atoms. The second-order valence-electron chi connectivity index (χ2n) is 7.58. The summed E-state index contributed by atoms with van der Waals surface area (Å²) in [6, 6.07) is 6.65. The van der Waals surface area contributed by atoms with E-state index < -0.39 is 12.1 Å². The van der Waals surface area contributed by atoms with Gasteiger partial charge in [0.15, 0.2) is 0 Å². The number of hydrogen-bond donors (Lipinski definition) is 1. The van der Waals surface area contributed by atoms with E-state index in [1.165, 1.54) is 25.7 Å². The van der Waals surface area contributed by atoms with Crippen LogP contribution in [0.15, 0.2) is 24.4 Å². The number of hydrogen-bond acceptors (Lipinski definition) is 5. The highest BCUT2D eigenvalue weighted by Crippen LogP contribution is 2.39. The number of aromatic nitrogens is 1. The molecule has 0 aromatic carbocycles. The Bertz CT molecular complexity index is 644. The summed E-state index contributed by atoms with van der Waals surface area (Å²) >= 11 is 0. The van der Waals surface area contributed by atoms with Gasteiger partial charge in [0.2, 0.25) is 5.88 Å². The van der Waals surface area contributed by atoms with Gasteiger partial charge in [-0.05, 0) is 18.9 Å². The lowest BCUT2D eigenvalue weighted by Gasteiger charge is -2.55. The average Bonchev–Trinajstić information content (AvgIpc) is 3.15. The first-order valence-corrected chi connectivity index (χ1v) is 9.53. The summed E-state index contributed by atoms with van der Waals surface area (Å²) in [7, 11) is 0. The second kappa shape index (κ2) is 8.65. The van der Waals surface area contributed by atoms with E-state index in [0.29, 0.717) is 0 Å². The lowest BCUT2D eigenvalue weighted by Crippen LogP contribution is -2.68. The first kappa shape index (κ1) is 20.9. The van der Waals surface area contributed by atoms with Crippen LogP contribution in [0.1, 0.15) is 38.5 Å². The van der Waals surface area contributed by atoms with Crippen LogP contribution in [0.3, 0.4) is 0 Å². The molecule has 3 fully saturated rings. The smallest absolute Gasteiger partial charge is 0.475 e. The topological polar surface area (TPSA) is 71.9 Å². The van der Waals surface area contributed by atoms with Crippen LogP contribution < -0.4 is 4.74 Å². The molecule has 2 aliphatic heterocycles. The largest absolute Gasteiger partial charge is 0.490 e. The summed E-state index contributed by atoms with van der Waals surface area (Å²) < 4.78 is 43.9.